The van der Waals surface area contributed by atoms with E-state index in [2.05, 4.69) is 59.7 Å². The van der Waals surface area contributed by atoms with Crippen LogP contribution in [0, 0.1) is 13.8 Å². The summed E-state index contributed by atoms with van der Waals surface area (Å²) >= 11 is 0. The van der Waals surface area contributed by atoms with Gasteiger partial charge in [-0.15, -0.1) is 0 Å². The standard InChI is InChI=1S/C25H33N5O/c1-18(15-23-19(2)29-30(5)20(23)3)28-25(26-4)27-16-22-13-9-10-14-24(22)31-17-21-11-7-6-8-12-21/h6-14,18H,15-17H2,1-5H3,(H2,26,27,28). The van der Waals surface area contributed by atoms with Crippen molar-refractivity contribution < 1.29 is 4.74 Å². The minimum atomic E-state index is 0.220. The number of benzene rings is 2. The average Bonchev–Trinajstić information content (AvgIpc) is 3.02. The van der Waals surface area contributed by atoms with E-state index in [1.54, 1.807) is 7.05 Å². The number of aliphatic imine (C=N–C) groups is 1. The predicted molar refractivity (Wildman–Crippen MR) is 126 cm³/mol. The molecule has 0 saturated carbocycles. The molecule has 0 aliphatic heterocycles. The zero-order chi connectivity index (χ0) is 22.2. The number of nitrogens with one attached hydrogen (secondary N) is 2. The number of hydrogen-bond donors (Lipinski definition) is 2. The second-order valence-corrected chi connectivity index (χ2v) is 7.83. The van der Waals surface area contributed by atoms with Crippen LogP contribution >= 0.6 is 0 Å². The summed E-state index contributed by atoms with van der Waals surface area (Å²) in [5.74, 6) is 1.65. The Morgan fingerprint density at radius 1 is 1.10 bits per heavy atom. The van der Waals surface area contributed by atoms with Crippen LogP contribution in [0.25, 0.3) is 0 Å². The molecular formula is C25H33N5O. The summed E-state index contributed by atoms with van der Waals surface area (Å²) in [6.07, 6.45) is 0.892. The van der Waals surface area contributed by atoms with Crippen LogP contribution in [0.2, 0.25) is 0 Å². The van der Waals surface area contributed by atoms with Crippen LogP contribution in [0.3, 0.4) is 0 Å². The molecule has 6 heteroatoms. The molecule has 1 unspecified atom stereocenters. The van der Waals surface area contributed by atoms with Gasteiger partial charge in [-0.25, -0.2) is 0 Å². The van der Waals surface area contributed by atoms with E-state index in [0.717, 1.165) is 35.0 Å². The number of ether oxygens (including phenoxy) is 1. The quantitative estimate of drug-likeness (QED) is 0.429. The minimum Gasteiger partial charge on any atom is -0.489 e. The molecule has 1 atom stereocenters. The molecule has 2 aromatic carbocycles. The van der Waals surface area contributed by atoms with E-state index in [1.807, 2.05) is 48.1 Å². The molecule has 1 heterocycles. The van der Waals surface area contributed by atoms with Crippen molar-refractivity contribution in [3.63, 3.8) is 0 Å². The van der Waals surface area contributed by atoms with E-state index < -0.39 is 0 Å². The second kappa shape index (κ2) is 10.7. The first-order valence-electron chi connectivity index (χ1n) is 10.7. The van der Waals surface area contributed by atoms with Crippen molar-refractivity contribution in [2.75, 3.05) is 7.05 Å². The highest BCUT2D eigenvalue weighted by Gasteiger charge is 2.14. The smallest absolute Gasteiger partial charge is 0.191 e. The number of guanidine groups is 1. The third kappa shape index (κ3) is 6.10. The highest BCUT2D eigenvalue weighted by Crippen LogP contribution is 2.19. The molecule has 1 aromatic heterocycles. The molecule has 3 rings (SSSR count). The van der Waals surface area contributed by atoms with Crippen molar-refractivity contribution in [3.05, 3.63) is 82.7 Å². The number of aromatic nitrogens is 2. The third-order valence-electron chi connectivity index (χ3n) is 5.43. The normalized spacial score (nSPS) is 12.5. The topological polar surface area (TPSA) is 63.5 Å². The first-order chi connectivity index (χ1) is 15.0. The first kappa shape index (κ1) is 22.4. The van der Waals surface area contributed by atoms with E-state index in [4.69, 9.17) is 4.74 Å². The van der Waals surface area contributed by atoms with Gasteiger partial charge in [-0.2, -0.15) is 5.10 Å². The molecule has 0 amide bonds. The Balaban J connectivity index is 1.57. The molecule has 0 spiro atoms. The largest absolute Gasteiger partial charge is 0.489 e. The molecule has 2 N–H and O–H groups in total. The fraction of sp³-hybridized carbons (Fsp3) is 0.360. The van der Waals surface area contributed by atoms with Crippen LogP contribution < -0.4 is 15.4 Å². The van der Waals surface area contributed by atoms with E-state index in [0.29, 0.717) is 13.2 Å². The van der Waals surface area contributed by atoms with Gasteiger partial charge in [-0.3, -0.25) is 9.67 Å². The van der Waals surface area contributed by atoms with Crippen molar-refractivity contribution in [2.45, 2.75) is 46.4 Å². The van der Waals surface area contributed by atoms with Crippen molar-refractivity contribution in [1.29, 1.82) is 0 Å². The van der Waals surface area contributed by atoms with Gasteiger partial charge in [0.05, 0.1) is 5.69 Å². The van der Waals surface area contributed by atoms with Gasteiger partial charge >= 0.3 is 0 Å². The number of nitrogens with zero attached hydrogens (tertiary/aromatic N) is 3. The molecule has 164 valence electrons. The average molecular weight is 420 g/mol. The molecule has 0 aliphatic carbocycles. The minimum absolute atomic E-state index is 0.220. The molecule has 0 fully saturated rings. The summed E-state index contributed by atoms with van der Waals surface area (Å²) < 4.78 is 8.01. The molecule has 0 radical (unpaired) electrons. The van der Waals surface area contributed by atoms with Crippen LogP contribution in [0.5, 0.6) is 5.75 Å². The Labute approximate surface area is 185 Å². The summed E-state index contributed by atoms with van der Waals surface area (Å²) in [5, 5.41) is 11.4. The third-order valence-corrected chi connectivity index (χ3v) is 5.43. The van der Waals surface area contributed by atoms with Crippen LogP contribution in [0.4, 0.5) is 0 Å². The Hall–Kier alpha value is -3.28. The van der Waals surface area contributed by atoms with E-state index >= 15 is 0 Å². The molecule has 3 aromatic rings. The Morgan fingerprint density at radius 3 is 2.48 bits per heavy atom. The summed E-state index contributed by atoms with van der Waals surface area (Å²) in [6, 6.07) is 18.5. The van der Waals surface area contributed by atoms with E-state index in [-0.39, 0.29) is 6.04 Å². The SMILES string of the molecule is CN=C(NCc1ccccc1OCc1ccccc1)NC(C)Cc1c(C)nn(C)c1C. The number of hydrogen-bond acceptors (Lipinski definition) is 3. The zero-order valence-electron chi connectivity index (χ0n) is 19.1. The van der Waals surface area contributed by atoms with Crippen molar-refractivity contribution in [2.24, 2.45) is 12.0 Å². The molecule has 6 nitrogen and oxygen atoms in total. The van der Waals surface area contributed by atoms with Gasteiger partial charge in [0.1, 0.15) is 12.4 Å². The van der Waals surface area contributed by atoms with E-state index in [1.165, 1.54) is 11.3 Å². The number of para-hydroxylation sites is 1. The molecular weight excluding hydrogens is 386 g/mol. The summed E-state index contributed by atoms with van der Waals surface area (Å²) in [4.78, 5) is 4.39. The monoisotopic (exact) mass is 419 g/mol. The number of aryl methyl sites for hydroxylation is 2. The van der Waals surface area contributed by atoms with Gasteiger partial charge in [-0.05, 0) is 44.4 Å². The van der Waals surface area contributed by atoms with Crippen LogP contribution in [-0.2, 0) is 26.6 Å². The molecule has 0 aliphatic rings. The van der Waals surface area contributed by atoms with Gasteiger partial charge in [0, 0.05) is 37.9 Å². The first-order valence-corrected chi connectivity index (χ1v) is 10.7. The van der Waals surface area contributed by atoms with Crippen LogP contribution in [0.1, 0.15) is 35.0 Å². The maximum atomic E-state index is 6.07. The fourth-order valence-electron chi connectivity index (χ4n) is 3.60. The Morgan fingerprint density at radius 2 is 1.81 bits per heavy atom. The van der Waals surface area contributed by atoms with Gasteiger partial charge in [0.25, 0.3) is 0 Å². The van der Waals surface area contributed by atoms with Crippen molar-refractivity contribution in [3.8, 4) is 5.75 Å². The van der Waals surface area contributed by atoms with Crippen molar-refractivity contribution >= 4 is 5.96 Å². The number of rotatable bonds is 8. The summed E-state index contributed by atoms with van der Waals surface area (Å²) in [7, 11) is 3.78. The lowest BCUT2D eigenvalue weighted by Gasteiger charge is -2.19. The van der Waals surface area contributed by atoms with Gasteiger partial charge in [-0.1, -0.05) is 48.5 Å². The maximum Gasteiger partial charge on any atom is 0.191 e. The van der Waals surface area contributed by atoms with E-state index in [9.17, 15) is 0 Å². The van der Waals surface area contributed by atoms with Crippen LogP contribution in [0.15, 0.2) is 59.6 Å². The molecule has 31 heavy (non-hydrogen) atoms. The van der Waals surface area contributed by atoms with Gasteiger partial charge < -0.3 is 15.4 Å². The Bertz CT molecular complexity index is 1010. The second-order valence-electron chi connectivity index (χ2n) is 7.83. The van der Waals surface area contributed by atoms with Crippen LogP contribution in [-0.4, -0.2) is 28.8 Å². The zero-order valence-corrected chi connectivity index (χ0v) is 19.1. The maximum absolute atomic E-state index is 6.07. The molecule has 0 saturated heterocycles. The summed E-state index contributed by atoms with van der Waals surface area (Å²) in [5.41, 5.74) is 5.82. The lowest BCUT2D eigenvalue weighted by atomic mass is 10.1. The highest BCUT2D eigenvalue weighted by molar-refractivity contribution is 5.80. The van der Waals surface area contributed by atoms with Crippen molar-refractivity contribution in [1.82, 2.24) is 20.4 Å². The predicted octanol–water partition coefficient (Wildman–Crippen LogP) is 3.91. The fourth-order valence-corrected chi connectivity index (χ4v) is 3.60. The lowest BCUT2D eigenvalue weighted by molar-refractivity contribution is 0.302. The van der Waals surface area contributed by atoms with Gasteiger partial charge in [0.15, 0.2) is 5.96 Å². The van der Waals surface area contributed by atoms with Gasteiger partial charge in [0.2, 0.25) is 0 Å². The lowest BCUT2D eigenvalue weighted by Crippen LogP contribution is -2.42. The summed E-state index contributed by atoms with van der Waals surface area (Å²) in [6.45, 7) is 7.51. The molecule has 0 bridgehead atoms. The highest BCUT2D eigenvalue weighted by atomic mass is 16.5. The Kier molecular flexibility index (Phi) is 7.70.